The van der Waals surface area contributed by atoms with Crippen LogP contribution in [0, 0.1) is 0 Å². The molecule has 0 aromatic heterocycles. The molecule has 1 aromatic carbocycles. The Bertz CT molecular complexity index is 396. The number of hydrogen-bond donors (Lipinski definition) is 0. The Morgan fingerprint density at radius 3 is 2.94 bits per heavy atom. The van der Waals surface area contributed by atoms with Crippen molar-refractivity contribution in [1.29, 1.82) is 0 Å². The minimum Gasteiger partial charge on any atom is -0.0804 e. The molecule has 0 aliphatic heterocycles. The number of allylic oxidation sites excluding steroid dienone is 3. The van der Waals surface area contributed by atoms with E-state index in [4.69, 9.17) is 0 Å². The van der Waals surface area contributed by atoms with E-state index in [9.17, 15) is 0 Å². The van der Waals surface area contributed by atoms with Gasteiger partial charge in [0.25, 0.3) is 0 Å². The Morgan fingerprint density at radius 2 is 2.06 bits per heavy atom. The maximum absolute atomic E-state index is 2.43. The molecule has 0 saturated carbocycles. The van der Waals surface area contributed by atoms with Crippen LogP contribution in [0.25, 0.3) is 11.6 Å². The molecule has 0 fully saturated rings. The predicted octanol–water partition coefficient (Wildman–Crippen LogP) is 5.07. The summed E-state index contributed by atoms with van der Waals surface area (Å²) in [6.07, 6.45) is 13.2. The van der Waals surface area contributed by atoms with Gasteiger partial charge in [0.15, 0.2) is 0 Å². The molecule has 16 heavy (non-hydrogen) atoms. The van der Waals surface area contributed by atoms with Gasteiger partial charge >= 0.3 is 0 Å². The van der Waals surface area contributed by atoms with Gasteiger partial charge in [-0.05, 0) is 36.0 Å². The molecule has 0 unspecified atom stereocenters. The van der Waals surface area contributed by atoms with E-state index < -0.39 is 0 Å². The molecule has 1 aliphatic carbocycles. The fourth-order valence-electron chi connectivity index (χ4n) is 2.22. The second-order valence-electron chi connectivity index (χ2n) is 4.42. The summed E-state index contributed by atoms with van der Waals surface area (Å²) < 4.78 is 0. The van der Waals surface area contributed by atoms with Gasteiger partial charge < -0.3 is 0 Å². The highest BCUT2D eigenvalue weighted by molar-refractivity contribution is 5.79. The molecule has 0 bridgehead atoms. The summed E-state index contributed by atoms with van der Waals surface area (Å²) in [5, 5.41) is 0. The third-order valence-electron chi connectivity index (χ3n) is 3.14. The minimum atomic E-state index is 1.10. The molecule has 1 aliphatic rings. The Kier molecular flexibility index (Phi) is 3.98. The van der Waals surface area contributed by atoms with Crippen molar-refractivity contribution in [2.45, 2.75) is 39.0 Å². The molecule has 2 rings (SSSR count). The first-order valence-corrected chi connectivity index (χ1v) is 6.37. The zero-order valence-corrected chi connectivity index (χ0v) is 10.1. The number of unbranched alkanes of at least 4 members (excludes halogenated alkanes) is 3. The van der Waals surface area contributed by atoms with Crippen LogP contribution in [0.5, 0.6) is 0 Å². The fourth-order valence-corrected chi connectivity index (χ4v) is 2.22. The summed E-state index contributed by atoms with van der Waals surface area (Å²) in [6.45, 7) is 2.26. The van der Waals surface area contributed by atoms with Crippen LogP contribution in [0.3, 0.4) is 0 Å². The van der Waals surface area contributed by atoms with E-state index in [0.29, 0.717) is 0 Å². The van der Waals surface area contributed by atoms with E-state index in [2.05, 4.69) is 49.4 Å². The lowest BCUT2D eigenvalue weighted by Crippen LogP contribution is -1.92. The predicted molar refractivity (Wildman–Crippen MR) is 72.2 cm³/mol. The summed E-state index contributed by atoms with van der Waals surface area (Å²) in [7, 11) is 0. The topological polar surface area (TPSA) is 0 Å². The Hall–Kier alpha value is -1.30. The van der Waals surface area contributed by atoms with Gasteiger partial charge in [0.1, 0.15) is 0 Å². The van der Waals surface area contributed by atoms with Crippen LogP contribution in [0.15, 0.2) is 36.4 Å². The van der Waals surface area contributed by atoms with Gasteiger partial charge in [-0.15, -0.1) is 0 Å². The monoisotopic (exact) mass is 212 g/mol. The molecule has 0 N–H and O–H groups in total. The number of fused-ring (bicyclic) bond motifs is 1. The summed E-state index contributed by atoms with van der Waals surface area (Å²) in [4.78, 5) is 0. The average Bonchev–Trinajstić information content (AvgIpc) is 2.35. The van der Waals surface area contributed by atoms with Crippen LogP contribution in [-0.4, -0.2) is 0 Å². The fraction of sp³-hybridized carbons (Fsp3) is 0.375. The first-order valence-electron chi connectivity index (χ1n) is 6.37. The highest BCUT2D eigenvalue weighted by atomic mass is 14.1. The van der Waals surface area contributed by atoms with Crippen molar-refractivity contribution >= 4 is 11.6 Å². The van der Waals surface area contributed by atoms with Gasteiger partial charge in [-0.2, -0.15) is 0 Å². The first-order chi connectivity index (χ1) is 7.92. The highest BCUT2D eigenvalue weighted by Gasteiger charge is 2.07. The maximum atomic E-state index is 2.43. The van der Waals surface area contributed by atoms with E-state index in [1.807, 2.05) is 0 Å². The molecule has 0 saturated heterocycles. The molecule has 0 heterocycles. The van der Waals surface area contributed by atoms with Crippen LogP contribution in [0.1, 0.15) is 50.2 Å². The van der Waals surface area contributed by atoms with Crippen LogP contribution in [-0.2, 0) is 0 Å². The smallest absolute Gasteiger partial charge is 0.00911 e. The van der Waals surface area contributed by atoms with Crippen LogP contribution >= 0.6 is 0 Å². The van der Waals surface area contributed by atoms with E-state index in [-0.39, 0.29) is 0 Å². The normalized spacial score (nSPS) is 16.4. The van der Waals surface area contributed by atoms with Crippen molar-refractivity contribution < 1.29 is 0 Å². The average molecular weight is 212 g/mol. The number of rotatable bonds is 4. The first kappa shape index (κ1) is 11.2. The molecule has 0 atom stereocenters. The molecular weight excluding hydrogens is 192 g/mol. The number of benzene rings is 1. The van der Waals surface area contributed by atoms with E-state index in [1.165, 1.54) is 42.4 Å². The van der Waals surface area contributed by atoms with Gasteiger partial charge in [0.2, 0.25) is 0 Å². The molecular formula is C16H20. The second-order valence-corrected chi connectivity index (χ2v) is 4.42. The SMILES string of the molecule is CCCCCC=C1CC=Cc2ccccc21. The lowest BCUT2D eigenvalue weighted by atomic mass is 9.91. The van der Waals surface area contributed by atoms with E-state index in [1.54, 1.807) is 0 Å². The zero-order chi connectivity index (χ0) is 11.2. The summed E-state index contributed by atoms with van der Waals surface area (Å²) in [6, 6.07) is 8.69. The molecule has 0 amide bonds. The third kappa shape index (κ3) is 2.63. The molecule has 84 valence electrons. The van der Waals surface area contributed by atoms with Gasteiger partial charge in [0.05, 0.1) is 0 Å². The van der Waals surface area contributed by atoms with Crippen molar-refractivity contribution in [2.75, 3.05) is 0 Å². The zero-order valence-electron chi connectivity index (χ0n) is 10.1. The quantitative estimate of drug-likeness (QED) is 0.611. The van der Waals surface area contributed by atoms with Gasteiger partial charge in [-0.3, -0.25) is 0 Å². The van der Waals surface area contributed by atoms with Crippen LogP contribution in [0.4, 0.5) is 0 Å². The molecule has 0 heteroatoms. The lowest BCUT2D eigenvalue weighted by Gasteiger charge is -2.14. The van der Waals surface area contributed by atoms with Crippen LogP contribution in [0.2, 0.25) is 0 Å². The largest absolute Gasteiger partial charge is 0.0804 e. The molecule has 0 nitrogen and oxygen atoms in total. The van der Waals surface area contributed by atoms with Crippen molar-refractivity contribution in [2.24, 2.45) is 0 Å². The van der Waals surface area contributed by atoms with Gasteiger partial charge in [-0.25, -0.2) is 0 Å². The van der Waals surface area contributed by atoms with E-state index >= 15 is 0 Å². The van der Waals surface area contributed by atoms with Crippen molar-refractivity contribution in [3.8, 4) is 0 Å². The molecule has 0 spiro atoms. The Labute approximate surface area is 98.7 Å². The molecule has 0 radical (unpaired) electrons. The summed E-state index contributed by atoms with van der Waals surface area (Å²) >= 11 is 0. The van der Waals surface area contributed by atoms with Gasteiger partial charge in [-0.1, -0.05) is 62.3 Å². The third-order valence-corrected chi connectivity index (χ3v) is 3.14. The van der Waals surface area contributed by atoms with Crippen molar-refractivity contribution in [3.05, 3.63) is 47.5 Å². The maximum Gasteiger partial charge on any atom is -0.00911 e. The Morgan fingerprint density at radius 1 is 1.19 bits per heavy atom. The van der Waals surface area contributed by atoms with Crippen molar-refractivity contribution in [3.63, 3.8) is 0 Å². The van der Waals surface area contributed by atoms with Crippen molar-refractivity contribution in [1.82, 2.24) is 0 Å². The van der Waals surface area contributed by atoms with Gasteiger partial charge in [0, 0.05) is 0 Å². The second kappa shape index (κ2) is 5.69. The highest BCUT2D eigenvalue weighted by Crippen LogP contribution is 2.29. The minimum absolute atomic E-state index is 1.10. The van der Waals surface area contributed by atoms with E-state index in [0.717, 1.165) is 6.42 Å². The summed E-state index contributed by atoms with van der Waals surface area (Å²) in [5.74, 6) is 0. The van der Waals surface area contributed by atoms with Crippen LogP contribution < -0.4 is 0 Å². The Balaban J connectivity index is 2.09. The summed E-state index contributed by atoms with van der Waals surface area (Å²) in [5.41, 5.74) is 4.31. The standard InChI is InChI=1S/C16H20/c1-2-3-4-5-9-14-11-8-12-15-10-6-7-13-16(14)15/h6-10,12-13H,2-5,11H2,1H3. The lowest BCUT2D eigenvalue weighted by molar-refractivity contribution is 0.729. The number of hydrogen-bond acceptors (Lipinski definition) is 0. The molecule has 1 aromatic rings.